The lowest BCUT2D eigenvalue weighted by Crippen LogP contribution is -2.09. The summed E-state index contributed by atoms with van der Waals surface area (Å²) in [4.78, 5) is 4.68. The third-order valence-electron chi connectivity index (χ3n) is 2.63. The van der Waals surface area contributed by atoms with E-state index in [4.69, 9.17) is 5.73 Å². The van der Waals surface area contributed by atoms with E-state index in [1.165, 1.54) is 0 Å². The van der Waals surface area contributed by atoms with Gasteiger partial charge in [-0.25, -0.2) is 4.98 Å². The van der Waals surface area contributed by atoms with Crippen LogP contribution in [0.2, 0.25) is 0 Å². The molecule has 0 spiro atoms. The molecule has 3 nitrogen and oxygen atoms in total. The van der Waals surface area contributed by atoms with E-state index in [2.05, 4.69) is 36.6 Å². The van der Waals surface area contributed by atoms with E-state index < -0.39 is 0 Å². The van der Waals surface area contributed by atoms with Gasteiger partial charge < -0.3 is 10.3 Å². The zero-order valence-electron chi connectivity index (χ0n) is 10.8. The van der Waals surface area contributed by atoms with Gasteiger partial charge in [-0.1, -0.05) is 6.92 Å². The summed E-state index contributed by atoms with van der Waals surface area (Å²) in [6.07, 6.45) is 5.22. The van der Waals surface area contributed by atoms with Crippen LogP contribution in [0.25, 0.3) is 0 Å². The fourth-order valence-corrected chi connectivity index (χ4v) is 2.30. The Morgan fingerprint density at radius 3 is 2.56 bits per heavy atom. The smallest absolute Gasteiger partial charge is 0.127 e. The van der Waals surface area contributed by atoms with Gasteiger partial charge in [0.1, 0.15) is 11.6 Å². The normalized spacial score (nSPS) is 11.3. The summed E-state index contributed by atoms with van der Waals surface area (Å²) in [5.41, 5.74) is 7.24. The Bertz CT molecular complexity index is 331. The third-order valence-corrected chi connectivity index (χ3v) is 3.24. The van der Waals surface area contributed by atoms with E-state index in [0.29, 0.717) is 6.04 Å². The average Bonchev–Trinajstić information content (AvgIpc) is 2.53. The van der Waals surface area contributed by atoms with Crippen LogP contribution in [-0.4, -0.2) is 21.6 Å². The molecule has 1 rings (SSSR count). The second-order valence-electron chi connectivity index (χ2n) is 4.32. The lowest BCUT2D eigenvalue weighted by molar-refractivity contribution is 0.571. The van der Waals surface area contributed by atoms with Crippen LogP contribution in [-0.2, 0) is 12.8 Å². The molecule has 0 fully saturated rings. The zero-order valence-corrected chi connectivity index (χ0v) is 11.6. The minimum absolute atomic E-state index is 0.400. The molecule has 0 atom stereocenters. The fourth-order valence-electron chi connectivity index (χ4n) is 1.90. The van der Waals surface area contributed by atoms with Crippen molar-refractivity contribution < 1.29 is 0 Å². The highest BCUT2D eigenvalue weighted by atomic mass is 32.2. The molecule has 0 radical (unpaired) electrons. The number of anilines is 1. The third kappa shape index (κ3) is 2.94. The average molecular weight is 241 g/mol. The molecular formula is C12H23N3S. The maximum absolute atomic E-state index is 6.17. The van der Waals surface area contributed by atoms with Gasteiger partial charge in [0.25, 0.3) is 0 Å². The number of nitrogens with two attached hydrogens (primary N) is 1. The Hall–Kier alpha value is -0.640. The number of nitrogen functional groups attached to an aromatic ring is 1. The van der Waals surface area contributed by atoms with E-state index in [1.54, 1.807) is 0 Å². The van der Waals surface area contributed by atoms with Crippen molar-refractivity contribution in [3.8, 4) is 0 Å². The first kappa shape index (κ1) is 13.4. The standard InChI is InChI=1S/C12H23N3S/c1-5-6-11-14-10(7-8-16-4)12(13)15(11)9(2)3/h9H,5-8,13H2,1-4H3. The van der Waals surface area contributed by atoms with Crippen molar-refractivity contribution in [2.24, 2.45) is 0 Å². The Balaban J connectivity index is 2.98. The number of aryl methyl sites for hydroxylation is 2. The summed E-state index contributed by atoms with van der Waals surface area (Å²) >= 11 is 1.84. The Morgan fingerprint density at radius 2 is 2.06 bits per heavy atom. The molecule has 0 aliphatic heterocycles. The molecule has 0 aromatic carbocycles. The van der Waals surface area contributed by atoms with Crippen molar-refractivity contribution in [3.05, 3.63) is 11.5 Å². The highest BCUT2D eigenvalue weighted by molar-refractivity contribution is 7.98. The molecule has 1 heterocycles. The summed E-state index contributed by atoms with van der Waals surface area (Å²) in [7, 11) is 0. The lowest BCUT2D eigenvalue weighted by atomic mass is 10.3. The second-order valence-corrected chi connectivity index (χ2v) is 5.30. The quantitative estimate of drug-likeness (QED) is 0.833. The predicted octanol–water partition coefficient (Wildman–Crippen LogP) is 2.90. The van der Waals surface area contributed by atoms with Crippen LogP contribution in [0.15, 0.2) is 0 Å². The van der Waals surface area contributed by atoms with Crippen LogP contribution in [0.1, 0.15) is 44.8 Å². The molecule has 92 valence electrons. The van der Waals surface area contributed by atoms with Crippen molar-refractivity contribution in [1.29, 1.82) is 0 Å². The number of nitrogens with zero attached hydrogens (tertiary/aromatic N) is 2. The van der Waals surface area contributed by atoms with Crippen molar-refractivity contribution in [2.45, 2.75) is 46.1 Å². The van der Waals surface area contributed by atoms with E-state index >= 15 is 0 Å². The number of hydrogen-bond donors (Lipinski definition) is 1. The van der Waals surface area contributed by atoms with Crippen molar-refractivity contribution in [3.63, 3.8) is 0 Å². The van der Waals surface area contributed by atoms with Crippen LogP contribution < -0.4 is 5.73 Å². The lowest BCUT2D eigenvalue weighted by Gasteiger charge is -2.13. The molecule has 0 unspecified atom stereocenters. The van der Waals surface area contributed by atoms with E-state index in [0.717, 1.165) is 42.4 Å². The highest BCUT2D eigenvalue weighted by Crippen LogP contribution is 2.22. The van der Waals surface area contributed by atoms with Gasteiger partial charge in [0.15, 0.2) is 0 Å². The topological polar surface area (TPSA) is 43.8 Å². The minimum atomic E-state index is 0.400. The van der Waals surface area contributed by atoms with Gasteiger partial charge in [0.05, 0.1) is 5.69 Å². The van der Waals surface area contributed by atoms with Crippen LogP contribution in [0.4, 0.5) is 5.82 Å². The van der Waals surface area contributed by atoms with Gasteiger partial charge in [-0.3, -0.25) is 0 Å². The van der Waals surface area contributed by atoms with Crippen molar-refractivity contribution >= 4 is 17.6 Å². The Labute approximate surface area is 103 Å². The summed E-state index contributed by atoms with van der Waals surface area (Å²) in [5, 5.41) is 0. The molecular weight excluding hydrogens is 218 g/mol. The first-order valence-electron chi connectivity index (χ1n) is 5.96. The van der Waals surface area contributed by atoms with Crippen molar-refractivity contribution in [2.75, 3.05) is 17.7 Å². The van der Waals surface area contributed by atoms with Crippen LogP contribution in [0.3, 0.4) is 0 Å². The van der Waals surface area contributed by atoms with Gasteiger partial charge in [0, 0.05) is 18.9 Å². The van der Waals surface area contributed by atoms with Crippen LogP contribution in [0.5, 0.6) is 0 Å². The van der Waals surface area contributed by atoms with Crippen LogP contribution >= 0.6 is 11.8 Å². The number of aromatic nitrogens is 2. The number of rotatable bonds is 6. The van der Waals surface area contributed by atoms with Gasteiger partial charge in [0.2, 0.25) is 0 Å². The maximum atomic E-state index is 6.17. The van der Waals surface area contributed by atoms with E-state index in [1.807, 2.05) is 11.8 Å². The van der Waals surface area contributed by atoms with Gasteiger partial charge in [-0.15, -0.1) is 0 Å². The molecule has 0 aliphatic rings. The van der Waals surface area contributed by atoms with Gasteiger partial charge in [-0.05, 0) is 32.3 Å². The molecule has 1 aromatic rings. The number of imidazole rings is 1. The maximum Gasteiger partial charge on any atom is 0.127 e. The van der Waals surface area contributed by atoms with Gasteiger partial charge >= 0.3 is 0 Å². The summed E-state index contributed by atoms with van der Waals surface area (Å²) in [6.45, 7) is 6.50. The largest absolute Gasteiger partial charge is 0.384 e. The van der Waals surface area contributed by atoms with E-state index in [9.17, 15) is 0 Å². The molecule has 2 N–H and O–H groups in total. The first-order chi connectivity index (χ1) is 7.61. The zero-order chi connectivity index (χ0) is 12.1. The highest BCUT2D eigenvalue weighted by Gasteiger charge is 2.15. The molecule has 0 bridgehead atoms. The summed E-state index contributed by atoms with van der Waals surface area (Å²) in [6, 6.07) is 0.400. The SMILES string of the molecule is CCCc1nc(CCSC)c(N)n1C(C)C. The molecule has 0 amide bonds. The second kappa shape index (κ2) is 6.18. The number of thioether (sulfide) groups is 1. The van der Waals surface area contributed by atoms with Gasteiger partial charge in [-0.2, -0.15) is 11.8 Å². The predicted molar refractivity (Wildman–Crippen MR) is 73.1 cm³/mol. The Morgan fingerprint density at radius 1 is 1.38 bits per heavy atom. The molecule has 0 aliphatic carbocycles. The fraction of sp³-hybridized carbons (Fsp3) is 0.750. The minimum Gasteiger partial charge on any atom is -0.384 e. The summed E-state index contributed by atoms with van der Waals surface area (Å²) in [5.74, 6) is 3.10. The van der Waals surface area contributed by atoms with E-state index in [-0.39, 0.29) is 0 Å². The number of hydrogen-bond acceptors (Lipinski definition) is 3. The summed E-state index contributed by atoms with van der Waals surface area (Å²) < 4.78 is 2.18. The van der Waals surface area contributed by atoms with Crippen molar-refractivity contribution in [1.82, 2.24) is 9.55 Å². The molecule has 0 saturated carbocycles. The van der Waals surface area contributed by atoms with Crippen LogP contribution in [0, 0.1) is 0 Å². The first-order valence-corrected chi connectivity index (χ1v) is 7.35. The molecule has 16 heavy (non-hydrogen) atoms. The monoisotopic (exact) mass is 241 g/mol. The molecule has 1 aromatic heterocycles. The Kier molecular flexibility index (Phi) is 5.19. The molecule has 4 heteroatoms. The molecule has 0 saturated heterocycles.